The molecule has 72 valence electrons. The number of amides is 2. The zero-order valence-electron chi connectivity index (χ0n) is 7.90. The Labute approximate surface area is 82.7 Å². The lowest BCUT2D eigenvalue weighted by Crippen LogP contribution is -2.27. The quantitative estimate of drug-likeness (QED) is 0.722. The second-order valence-electron chi connectivity index (χ2n) is 2.90. The SMILES string of the molecule is CC(C)SN(SC(C)C)C(N)=O. The average Bonchev–Trinajstić information content (AvgIpc) is 1.83. The molecule has 0 heterocycles. The number of nitrogens with two attached hydrogens (primary N) is 1. The largest absolute Gasteiger partial charge is 0.350 e. The van der Waals surface area contributed by atoms with E-state index in [1.165, 1.54) is 27.6 Å². The fourth-order valence-corrected chi connectivity index (χ4v) is 2.72. The summed E-state index contributed by atoms with van der Waals surface area (Å²) in [6.07, 6.45) is 0. The van der Waals surface area contributed by atoms with Gasteiger partial charge in [0, 0.05) is 10.5 Å². The van der Waals surface area contributed by atoms with E-state index in [1.54, 1.807) is 0 Å². The molecule has 0 saturated heterocycles. The molecule has 2 N–H and O–H groups in total. The van der Waals surface area contributed by atoms with Crippen LogP contribution in [0.3, 0.4) is 0 Å². The highest BCUT2D eigenvalue weighted by Crippen LogP contribution is 2.27. The van der Waals surface area contributed by atoms with Crippen molar-refractivity contribution in [1.82, 2.24) is 3.71 Å². The van der Waals surface area contributed by atoms with Crippen LogP contribution in [0.5, 0.6) is 0 Å². The maximum Gasteiger partial charge on any atom is 0.335 e. The lowest BCUT2D eigenvalue weighted by atomic mass is 10.6. The molecule has 0 aromatic heterocycles. The first-order chi connectivity index (χ1) is 5.43. The van der Waals surface area contributed by atoms with Gasteiger partial charge in [-0.2, -0.15) is 0 Å². The molecule has 0 fully saturated rings. The normalized spacial score (nSPS) is 10.8. The maximum atomic E-state index is 10.9. The summed E-state index contributed by atoms with van der Waals surface area (Å²) in [5.74, 6) is 0. The Morgan fingerprint density at radius 1 is 1.17 bits per heavy atom. The van der Waals surface area contributed by atoms with E-state index in [2.05, 4.69) is 0 Å². The Morgan fingerprint density at radius 3 is 1.67 bits per heavy atom. The van der Waals surface area contributed by atoms with Crippen LogP contribution in [0.4, 0.5) is 4.79 Å². The van der Waals surface area contributed by atoms with Crippen molar-refractivity contribution in [3.05, 3.63) is 0 Å². The van der Waals surface area contributed by atoms with Crippen LogP contribution < -0.4 is 5.73 Å². The van der Waals surface area contributed by atoms with E-state index < -0.39 is 0 Å². The summed E-state index contributed by atoms with van der Waals surface area (Å²) in [6, 6.07) is -0.382. The van der Waals surface area contributed by atoms with Crippen LogP contribution in [0.2, 0.25) is 0 Å². The minimum absolute atomic E-state index is 0.378. The first-order valence-corrected chi connectivity index (χ1v) is 5.54. The highest BCUT2D eigenvalue weighted by Gasteiger charge is 2.14. The van der Waals surface area contributed by atoms with Crippen LogP contribution >= 0.6 is 23.9 Å². The van der Waals surface area contributed by atoms with Gasteiger partial charge in [-0.3, -0.25) is 0 Å². The third-order valence-electron chi connectivity index (χ3n) is 0.793. The van der Waals surface area contributed by atoms with Gasteiger partial charge in [0.15, 0.2) is 0 Å². The van der Waals surface area contributed by atoms with Gasteiger partial charge in [-0.15, -0.1) is 0 Å². The summed E-state index contributed by atoms with van der Waals surface area (Å²) in [6.45, 7) is 8.12. The van der Waals surface area contributed by atoms with Gasteiger partial charge in [-0.1, -0.05) is 27.7 Å². The van der Waals surface area contributed by atoms with Crippen molar-refractivity contribution < 1.29 is 4.79 Å². The predicted octanol–water partition coefficient (Wildman–Crippen LogP) is 2.48. The number of nitrogens with zero attached hydrogens (tertiary/aromatic N) is 1. The van der Waals surface area contributed by atoms with Crippen molar-refractivity contribution in [2.24, 2.45) is 5.73 Å². The van der Waals surface area contributed by atoms with E-state index in [0.29, 0.717) is 10.5 Å². The van der Waals surface area contributed by atoms with E-state index in [9.17, 15) is 4.79 Å². The Kier molecular flexibility index (Phi) is 5.57. The molecule has 12 heavy (non-hydrogen) atoms. The fraction of sp³-hybridized carbons (Fsp3) is 0.857. The van der Waals surface area contributed by atoms with Gasteiger partial charge in [0.1, 0.15) is 0 Å². The van der Waals surface area contributed by atoms with Crippen molar-refractivity contribution in [2.45, 2.75) is 38.2 Å². The number of hydrogen-bond donors (Lipinski definition) is 1. The molecule has 0 atom stereocenters. The molecule has 5 heteroatoms. The molecule has 0 saturated carbocycles. The summed E-state index contributed by atoms with van der Waals surface area (Å²) in [7, 11) is 0. The third-order valence-corrected chi connectivity index (χ3v) is 2.90. The van der Waals surface area contributed by atoms with Crippen molar-refractivity contribution in [3.8, 4) is 0 Å². The summed E-state index contributed by atoms with van der Waals surface area (Å²) >= 11 is 2.92. The monoisotopic (exact) mass is 208 g/mol. The second-order valence-corrected chi connectivity index (χ2v) is 6.17. The predicted molar refractivity (Wildman–Crippen MR) is 56.9 cm³/mol. The molecule has 0 radical (unpaired) electrons. The molecule has 0 rings (SSSR count). The van der Waals surface area contributed by atoms with Gasteiger partial charge in [0.2, 0.25) is 0 Å². The van der Waals surface area contributed by atoms with Gasteiger partial charge in [0.25, 0.3) is 0 Å². The number of carbonyl (C=O) groups excluding carboxylic acids is 1. The van der Waals surface area contributed by atoms with Gasteiger partial charge in [-0.25, -0.2) is 8.51 Å². The highest BCUT2D eigenvalue weighted by atomic mass is 32.2. The molecule has 2 amide bonds. The van der Waals surface area contributed by atoms with Gasteiger partial charge in [0.05, 0.1) is 0 Å². The smallest absolute Gasteiger partial charge is 0.335 e. The molecule has 0 aromatic carbocycles. The lowest BCUT2D eigenvalue weighted by molar-refractivity contribution is 0.246. The first kappa shape index (κ1) is 12.0. The highest BCUT2D eigenvalue weighted by molar-refractivity contribution is 8.13. The molecular formula is C7H16N2OS2. The minimum atomic E-state index is -0.382. The van der Waals surface area contributed by atoms with E-state index in [4.69, 9.17) is 5.73 Å². The molecule has 0 spiro atoms. The van der Waals surface area contributed by atoms with Crippen molar-refractivity contribution in [1.29, 1.82) is 0 Å². The van der Waals surface area contributed by atoms with E-state index in [1.807, 2.05) is 27.7 Å². The zero-order chi connectivity index (χ0) is 9.72. The standard InChI is InChI=1S/C7H16N2OS2/c1-5(2)11-9(7(8)10)12-6(3)4/h5-6H,1-4H3,(H2,8,10). The van der Waals surface area contributed by atoms with Crippen LogP contribution in [0.15, 0.2) is 0 Å². The number of hydrogen-bond acceptors (Lipinski definition) is 3. The zero-order valence-corrected chi connectivity index (χ0v) is 9.54. The first-order valence-electron chi connectivity index (χ1n) is 3.86. The Balaban J connectivity index is 3.96. The topological polar surface area (TPSA) is 46.3 Å². The number of primary amides is 1. The molecule has 0 aromatic rings. The lowest BCUT2D eigenvalue weighted by Gasteiger charge is -2.20. The molecule has 0 aliphatic heterocycles. The van der Waals surface area contributed by atoms with E-state index >= 15 is 0 Å². The minimum Gasteiger partial charge on any atom is -0.350 e. The second kappa shape index (κ2) is 5.59. The van der Waals surface area contributed by atoms with Gasteiger partial charge < -0.3 is 5.73 Å². The van der Waals surface area contributed by atoms with Crippen molar-refractivity contribution >= 4 is 29.9 Å². The maximum absolute atomic E-state index is 10.9. The molecular weight excluding hydrogens is 192 g/mol. The summed E-state index contributed by atoms with van der Waals surface area (Å²) in [5, 5.41) is 0.757. The van der Waals surface area contributed by atoms with E-state index in [0.717, 1.165) is 0 Å². The molecule has 0 unspecified atom stereocenters. The van der Waals surface area contributed by atoms with Crippen LogP contribution in [-0.4, -0.2) is 20.2 Å². The Morgan fingerprint density at radius 2 is 1.50 bits per heavy atom. The Hall–Kier alpha value is -0.0300. The van der Waals surface area contributed by atoms with Crippen LogP contribution in [0.1, 0.15) is 27.7 Å². The number of rotatable bonds is 4. The van der Waals surface area contributed by atoms with Gasteiger partial charge in [-0.05, 0) is 23.9 Å². The summed E-state index contributed by atoms with van der Waals surface area (Å²) in [5.41, 5.74) is 5.18. The number of carbonyl (C=O) groups is 1. The van der Waals surface area contributed by atoms with Crippen molar-refractivity contribution in [3.63, 3.8) is 0 Å². The van der Waals surface area contributed by atoms with Gasteiger partial charge >= 0.3 is 6.03 Å². The average molecular weight is 208 g/mol. The van der Waals surface area contributed by atoms with Crippen LogP contribution in [0.25, 0.3) is 0 Å². The molecule has 0 bridgehead atoms. The summed E-state index contributed by atoms with van der Waals surface area (Å²) < 4.78 is 1.54. The van der Waals surface area contributed by atoms with Crippen LogP contribution in [-0.2, 0) is 0 Å². The molecule has 3 nitrogen and oxygen atoms in total. The fourth-order valence-electron chi connectivity index (χ4n) is 0.512. The Bertz CT molecular complexity index is 140. The number of urea groups is 1. The third kappa shape index (κ3) is 5.60. The molecule has 0 aliphatic carbocycles. The van der Waals surface area contributed by atoms with Crippen molar-refractivity contribution in [2.75, 3.05) is 0 Å². The van der Waals surface area contributed by atoms with E-state index in [-0.39, 0.29) is 6.03 Å². The molecule has 0 aliphatic rings. The summed E-state index contributed by atoms with van der Waals surface area (Å²) in [4.78, 5) is 10.9. The van der Waals surface area contributed by atoms with Crippen LogP contribution in [0, 0.1) is 0 Å².